The molecule has 3 rings (SSSR count). The van der Waals surface area contributed by atoms with Crippen molar-refractivity contribution in [3.63, 3.8) is 0 Å². The summed E-state index contributed by atoms with van der Waals surface area (Å²) in [4.78, 5) is 25.1. The lowest BCUT2D eigenvalue weighted by Crippen LogP contribution is -2.44. The van der Waals surface area contributed by atoms with E-state index in [-0.39, 0.29) is 24.2 Å². The predicted molar refractivity (Wildman–Crippen MR) is 102 cm³/mol. The van der Waals surface area contributed by atoms with E-state index in [1.165, 1.54) is 6.20 Å². The van der Waals surface area contributed by atoms with Crippen molar-refractivity contribution >= 4 is 39.5 Å². The standard InChI is InChI=1S/C18H20INO5/c1-2-25-17(23)14-10-20(18(11-21)5-7-24-8-6-18)15-4-3-12(19)9-13(15)16(14)22/h3-4,9-10,21H,2,5-8,11H2,1H3. The molecule has 25 heavy (non-hydrogen) atoms. The Kier molecular flexibility index (Phi) is 5.45. The van der Waals surface area contributed by atoms with Crippen LogP contribution in [0.2, 0.25) is 0 Å². The highest BCUT2D eigenvalue weighted by Gasteiger charge is 2.35. The molecule has 0 unspecified atom stereocenters. The molecular weight excluding hydrogens is 437 g/mol. The molecule has 2 aromatic rings. The van der Waals surface area contributed by atoms with Crippen LogP contribution in [0.4, 0.5) is 0 Å². The van der Waals surface area contributed by atoms with Crippen LogP contribution in [0.25, 0.3) is 10.9 Å². The summed E-state index contributed by atoms with van der Waals surface area (Å²) in [6, 6.07) is 5.54. The number of aliphatic hydroxyl groups excluding tert-OH is 1. The molecule has 134 valence electrons. The molecular formula is C18H20INO5. The molecule has 0 atom stereocenters. The third-order valence-electron chi connectivity index (χ3n) is 4.69. The summed E-state index contributed by atoms with van der Waals surface area (Å²) in [5.41, 5.74) is -0.244. The molecule has 1 aliphatic rings. The van der Waals surface area contributed by atoms with Crippen molar-refractivity contribution in [2.45, 2.75) is 25.3 Å². The van der Waals surface area contributed by atoms with Crippen molar-refractivity contribution in [2.24, 2.45) is 0 Å². The Balaban J connectivity index is 2.31. The first-order valence-electron chi connectivity index (χ1n) is 8.23. The van der Waals surface area contributed by atoms with Gasteiger partial charge in [0.1, 0.15) is 5.56 Å². The monoisotopic (exact) mass is 457 g/mol. The first-order chi connectivity index (χ1) is 12.0. The fourth-order valence-electron chi connectivity index (χ4n) is 3.28. The Morgan fingerprint density at radius 2 is 2.12 bits per heavy atom. The van der Waals surface area contributed by atoms with E-state index in [0.717, 1.165) is 3.57 Å². The summed E-state index contributed by atoms with van der Waals surface area (Å²) in [6.07, 6.45) is 2.75. The SMILES string of the molecule is CCOC(=O)c1cn(C2(CO)CCOCC2)c2ccc(I)cc2c1=O. The van der Waals surface area contributed by atoms with E-state index in [1.54, 1.807) is 13.0 Å². The van der Waals surface area contributed by atoms with Crippen LogP contribution in [0.5, 0.6) is 0 Å². The van der Waals surface area contributed by atoms with Crippen LogP contribution in [-0.4, -0.2) is 42.1 Å². The highest BCUT2D eigenvalue weighted by atomic mass is 127. The average Bonchev–Trinajstić information content (AvgIpc) is 2.63. The van der Waals surface area contributed by atoms with Gasteiger partial charge in [-0.25, -0.2) is 4.79 Å². The zero-order chi connectivity index (χ0) is 18.0. The van der Waals surface area contributed by atoms with E-state index < -0.39 is 11.5 Å². The van der Waals surface area contributed by atoms with Crippen LogP contribution in [0.3, 0.4) is 0 Å². The van der Waals surface area contributed by atoms with E-state index in [1.807, 2.05) is 16.7 Å². The topological polar surface area (TPSA) is 77.8 Å². The molecule has 0 radical (unpaired) electrons. The summed E-state index contributed by atoms with van der Waals surface area (Å²) in [5.74, 6) is -0.637. The fourth-order valence-corrected chi connectivity index (χ4v) is 3.77. The Hall–Kier alpha value is -1.45. The second-order valence-corrected chi connectivity index (χ2v) is 7.36. The number of halogens is 1. The lowest BCUT2D eigenvalue weighted by molar-refractivity contribution is -0.00649. The predicted octanol–water partition coefficient (Wildman–Crippen LogP) is 2.28. The van der Waals surface area contributed by atoms with Gasteiger partial charge in [0.15, 0.2) is 0 Å². The fraction of sp³-hybridized carbons (Fsp3) is 0.444. The molecule has 1 aliphatic heterocycles. The molecule has 0 saturated carbocycles. The largest absolute Gasteiger partial charge is 0.462 e. The number of hydrogen-bond acceptors (Lipinski definition) is 5. The number of pyridine rings is 1. The van der Waals surface area contributed by atoms with Gasteiger partial charge in [-0.1, -0.05) is 0 Å². The van der Waals surface area contributed by atoms with Gasteiger partial charge in [-0.2, -0.15) is 0 Å². The highest BCUT2D eigenvalue weighted by molar-refractivity contribution is 14.1. The minimum absolute atomic E-state index is 0.00401. The molecule has 1 saturated heterocycles. The zero-order valence-corrected chi connectivity index (χ0v) is 16.1. The van der Waals surface area contributed by atoms with Crippen LogP contribution < -0.4 is 5.43 Å². The van der Waals surface area contributed by atoms with Crippen molar-refractivity contribution in [3.05, 3.63) is 43.8 Å². The number of nitrogens with zero attached hydrogens (tertiary/aromatic N) is 1. The molecule has 0 aliphatic carbocycles. The number of fused-ring (bicyclic) bond motifs is 1. The first kappa shape index (κ1) is 18.3. The number of ether oxygens (including phenoxy) is 2. The molecule has 7 heteroatoms. The number of aromatic nitrogens is 1. The molecule has 1 aromatic heterocycles. The van der Waals surface area contributed by atoms with Crippen molar-refractivity contribution in [2.75, 3.05) is 26.4 Å². The zero-order valence-electron chi connectivity index (χ0n) is 14.0. The van der Waals surface area contributed by atoms with Crippen LogP contribution in [0.15, 0.2) is 29.2 Å². The van der Waals surface area contributed by atoms with Crippen LogP contribution >= 0.6 is 22.6 Å². The quantitative estimate of drug-likeness (QED) is 0.563. The average molecular weight is 457 g/mol. The number of aliphatic hydroxyl groups is 1. The normalized spacial score (nSPS) is 16.8. The summed E-state index contributed by atoms with van der Waals surface area (Å²) in [6.45, 7) is 2.85. The molecule has 0 amide bonds. The lowest BCUT2D eigenvalue weighted by Gasteiger charge is -2.39. The molecule has 0 spiro atoms. The van der Waals surface area contributed by atoms with E-state index in [9.17, 15) is 14.7 Å². The van der Waals surface area contributed by atoms with Gasteiger partial charge in [0.25, 0.3) is 0 Å². The maximum atomic E-state index is 12.8. The van der Waals surface area contributed by atoms with Gasteiger partial charge in [0.2, 0.25) is 5.43 Å². The second-order valence-electron chi connectivity index (χ2n) is 6.12. The Morgan fingerprint density at radius 3 is 2.76 bits per heavy atom. The molecule has 2 heterocycles. The number of rotatable bonds is 4. The summed E-state index contributed by atoms with van der Waals surface area (Å²) in [7, 11) is 0. The van der Waals surface area contributed by atoms with Crippen LogP contribution in [0.1, 0.15) is 30.1 Å². The molecule has 1 N–H and O–H groups in total. The Labute approximate surface area is 158 Å². The van der Waals surface area contributed by atoms with Crippen molar-refractivity contribution in [3.8, 4) is 0 Å². The van der Waals surface area contributed by atoms with Crippen molar-refractivity contribution in [1.82, 2.24) is 4.57 Å². The van der Waals surface area contributed by atoms with Gasteiger partial charge in [-0.05, 0) is 60.6 Å². The third-order valence-corrected chi connectivity index (χ3v) is 5.36. The van der Waals surface area contributed by atoms with Gasteiger partial charge in [-0.15, -0.1) is 0 Å². The minimum Gasteiger partial charge on any atom is -0.462 e. The molecule has 1 fully saturated rings. The summed E-state index contributed by atoms with van der Waals surface area (Å²) in [5, 5.41) is 10.6. The smallest absolute Gasteiger partial charge is 0.343 e. The number of benzene rings is 1. The van der Waals surface area contributed by atoms with Gasteiger partial charge in [0, 0.05) is 28.4 Å². The number of esters is 1. The number of carbonyl (C=O) groups is 1. The number of hydrogen-bond donors (Lipinski definition) is 1. The molecule has 0 bridgehead atoms. The van der Waals surface area contributed by atoms with E-state index in [0.29, 0.717) is 37.0 Å². The second kappa shape index (κ2) is 7.43. The maximum Gasteiger partial charge on any atom is 0.343 e. The summed E-state index contributed by atoms with van der Waals surface area (Å²) < 4.78 is 13.3. The van der Waals surface area contributed by atoms with E-state index in [4.69, 9.17) is 9.47 Å². The lowest BCUT2D eigenvalue weighted by atomic mass is 9.89. The van der Waals surface area contributed by atoms with Gasteiger partial charge >= 0.3 is 5.97 Å². The van der Waals surface area contributed by atoms with E-state index >= 15 is 0 Å². The molecule has 6 nitrogen and oxygen atoms in total. The Bertz CT molecular complexity index is 854. The van der Waals surface area contributed by atoms with E-state index in [2.05, 4.69) is 22.6 Å². The number of carbonyl (C=O) groups excluding carboxylic acids is 1. The highest BCUT2D eigenvalue weighted by Crippen LogP contribution is 2.32. The van der Waals surface area contributed by atoms with Crippen LogP contribution in [-0.2, 0) is 15.0 Å². The van der Waals surface area contributed by atoms with Gasteiger partial charge in [0.05, 0.1) is 24.3 Å². The third kappa shape index (κ3) is 3.32. The first-order valence-corrected chi connectivity index (χ1v) is 9.31. The van der Waals surface area contributed by atoms with Crippen LogP contribution in [0, 0.1) is 3.57 Å². The summed E-state index contributed by atoms with van der Waals surface area (Å²) >= 11 is 2.14. The Morgan fingerprint density at radius 1 is 1.40 bits per heavy atom. The maximum absolute atomic E-state index is 12.8. The molecule has 1 aromatic carbocycles. The van der Waals surface area contributed by atoms with Crippen molar-refractivity contribution in [1.29, 1.82) is 0 Å². The van der Waals surface area contributed by atoms with Gasteiger partial charge in [-0.3, -0.25) is 4.79 Å². The van der Waals surface area contributed by atoms with Crippen molar-refractivity contribution < 1.29 is 19.4 Å². The van der Waals surface area contributed by atoms with Gasteiger partial charge < -0.3 is 19.1 Å². The minimum atomic E-state index is -0.637.